The van der Waals surface area contributed by atoms with Gasteiger partial charge in [0.25, 0.3) is 5.91 Å². The van der Waals surface area contributed by atoms with Crippen LogP contribution >= 0.6 is 0 Å². The second-order valence-corrected chi connectivity index (χ2v) is 5.95. The molecule has 1 heterocycles. The van der Waals surface area contributed by atoms with E-state index >= 15 is 0 Å². The van der Waals surface area contributed by atoms with Gasteiger partial charge in [0, 0.05) is 19.6 Å². The summed E-state index contributed by atoms with van der Waals surface area (Å²) in [6.07, 6.45) is 9.18. The fraction of sp³-hybridized carbons (Fsp3) is 0.733. The highest BCUT2D eigenvalue weighted by Gasteiger charge is 2.18. The van der Waals surface area contributed by atoms with Crippen molar-refractivity contribution in [2.45, 2.75) is 44.6 Å². The maximum absolute atomic E-state index is 12.0. The van der Waals surface area contributed by atoms with Gasteiger partial charge in [-0.25, -0.2) is 0 Å². The van der Waals surface area contributed by atoms with Crippen LogP contribution < -0.4 is 11.1 Å². The van der Waals surface area contributed by atoms with Crippen molar-refractivity contribution in [3.8, 4) is 0 Å². The summed E-state index contributed by atoms with van der Waals surface area (Å²) in [6, 6.07) is 0.724. The zero-order chi connectivity index (χ0) is 15.2. The lowest BCUT2D eigenvalue weighted by atomic mass is 9.94. The van der Waals surface area contributed by atoms with E-state index in [4.69, 9.17) is 5.73 Å². The quantitative estimate of drug-likeness (QED) is 0.777. The number of rotatable bonds is 6. The van der Waals surface area contributed by atoms with E-state index in [1.165, 1.54) is 43.0 Å². The number of nitrogens with one attached hydrogen (secondary N) is 1. The van der Waals surface area contributed by atoms with E-state index < -0.39 is 0 Å². The fourth-order valence-corrected chi connectivity index (χ4v) is 3.05. The zero-order valence-corrected chi connectivity index (χ0v) is 13.1. The third-order valence-electron chi connectivity index (χ3n) is 4.35. The smallest absolute Gasteiger partial charge is 0.271 e. The van der Waals surface area contributed by atoms with Crippen LogP contribution in [0.15, 0.2) is 6.20 Å². The molecule has 0 saturated heterocycles. The monoisotopic (exact) mass is 293 g/mol. The minimum atomic E-state index is -0.146. The van der Waals surface area contributed by atoms with Gasteiger partial charge in [0.05, 0.1) is 11.9 Å². The molecule has 0 atom stereocenters. The number of hydrogen-bond acceptors (Lipinski definition) is 4. The van der Waals surface area contributed by atoms with Gasteiger partial charge in [-0.1, -0.05) is 19.3 Å². The third kappa shape index (κ3) is 4.20. The van der Waals surface area contributed by atoms with Crippen molar-refractivity contribution in [1.82, 2.24) is 20.0 Å². The molecule has 1 amide bonds. The van der Waals surface area contributed by atoms with Crippen molar-refractivity contribution in [2.75, 3.05) is 25.9 Å². The van der Waals surface area contributed by atoms with Crippen molar-refractivity contribution in [2.24, 2.45) is 7.05 Å². The van der Waals surface area contributed by atoms with Crippen LogP contribution in [0.25, 0.3) is 0 Å². The SMILES string of the molecule is CN(CCCNC(=O)c1c(N)cnn1C)C1CCCCC1. The number of aryl methyl sites for hydroxylation is 1. The summed E-state index contributed by atoms with van der Waals surface area (Å²) in [4.78, 5) is 14.5. The summed E-state index contributed by atoms with van der Waals surface area (Å²) in [6.45, 7) is 1.69. The summed E-state index contributed by atoms with van der Waals surface area (Å²) in [5, 5.41) is 6.90. The van der Waals surface area contributed by atoms with Crippen molar-refractivity contribution in [3.05, 3.63) is 11.9 Å². The Balaban J connectivity index is 1.68. The number of carbonyl (C=O) groups is 1. The molecule has 118 valence electrons. The fourth-order valence-electron chi connectivity index (χ4n) is 3.05. The molecule has 0 radical (unpaired) electrons. The Labute approximate surface area is 126 Å². The summed E-state index contributed by atoms with van der Waals surface area (Å²) in [5.41, 5.74) is 6.61. The molecular weight excluding hydrogens is 266 g/mol. The van der Waals surface area contributed by atoms with E-state index in [0.717, 1.165) is 19.0 Å². The van der Waals surface area contributed by atoms with Gasteiger partial charge in [-0.05, 0) is 32.9 Å². The van der Waals surface area contributed by atoms with Crippen LogP contribution in [0.3, 0.4) is 0 Å². The third-order valence-corrected chi connectivity index (χ3v) is 4.35. The molecule has 1 aromatic heterocycles. The van der Waals surface area contributed by atoms with Gasteiger partial charge >= 0.3 is 0 Å². The van der Waals surface area contributed by atoms with E-state index in [1.807, 2.05) is 0 Å². The highest BCUT2D eigenvalue weighted by molar-refractivity contribution is 5.97. The lowest BCUT2D eigenvalue weighted by Crippen LogP contribution is -2.36. The molecule has 2 rings (SSSR count). The normalized spacial score (nSPS) is 16.3. The van der Waals surface area contributed by atoms with Crippen molar-refractivity contribution in [3.63, 3.8) is 0 Å². The predicted molar refractivity (Wildman–Crippen MR) is 84.1 cm³/mol. The molecule has 1 aliphatic rings. The van der Waals surface area contributed by atoms with Crippen LogP contribution in [-0.2, 0) is 7.05 Å². The molecule has 1 aliphatic carbocycles. The van der Waals surface area contributed by atoms with Crippen molar-refractivity contribution in [1.29, 1.82) is 0 Å². The van der Waals surface area contributed by atoms with Crippen LogP contribution in [0.1, 0.15) is 49.0 Å². The minimum absolute atomic E-state index is 0.146. The molecule has 0 unspecified atom stereocenters. The molecular formula is C15H27N5O. The summed E-state index contributed by atoms with van der Waals surface area (Å²) < 4.78 is 1.51. The van der Waals surface area contributed by atoms with E-state index in [0.29, 0.717) is 17.9 Å². The number of nitrogens with zero attached hydrogens (tertiary/aromatic N) is 3. The first-order valence-electron chi connectivity index (χ1n) is 7.85. The average Bonchev–Trinajstić information content (AvgIpc) is 2.83. The number of anilines is 1. The van der Waals surface area contributed by atoms with Gasteiger partial charge in [0.1, 0.15) is 5.69 Å². The van der Waals surface area contributed by atoms with Crippen LogP contribution in [0.2, 0.25) is 0 Å². The molecule has 0 bridgehead atoms. The highest BCUT2D eigenvalue weighted by Crippen LogP contribution is 2.21. The second-order valence-electron chi connectivity index (χ2n) is 5.95. The van der Waals surface area contributed by atoms with Crippen molar-refractivity contribution < 1.29 is 4.79 Å². The first-order valence-corrected chi connectivity index (χ1v) is 7.85. The Kier molecular flexibility index (Phi) is 5.61. The Bertz CT molecular complexity index is 445. The number of nitrogens with two attached hydrogens (primary N) is 1. The first-order chi connectivity index (χ1) is 10.1. The van der Waals surface area contributed by atoms with Gasteiger partial charge in [-0.2, -0.15) is 5.10 Å². The molecule has 1 aromatic rings. The van der Waals surface area contributed by atoms with E-state index in [9.17, 15) is 4.79 Å². The number of amides is 1. The Hall–Kier alpha value is -1.56. The second kappa shape index (κ2) is 7.45. The molecule has 6 heteroatoms. The Morgan fingerprint density at radius 1 is 1.48 bits per heavy atom. The van der Waals surface area contributed by atoms with Gasteiger partial charge < -0.3 is 16.0 Å². The Morgan fingerprint density at radius 2 is 2.19 bits per heavy atom. The molecule has 21 heavy (non-hydrogen) atoms. The van der Waals surface area contributed by atoms with E-state index in [1.54, 1.807) is 7.05 Å². The van der Waals surface area contributed by atoms with E-state index in [2.05, 4.69) is 22.4 Å². The Morgan fingerprint density at radius 3 is 2.81 bits per heavy atom. The maximum Gasteiger partial charge on any atom is 0.271 e. The molecule has 6 nitrogen and oxygen atoms in total. The van der Waals surface area contributed by atoms with Crippen LogP contribution in [0.5, 0.6) is 0 Å². The zero-order valence-electron chi connectivity index (χ0n) is 13.1. The topological polar surface area (TPSA) is 76.2 Å². The highest BCUT2D eigenvalue weighted by atomic mass is 16.2. The van der Waals surface area contributed by atoms with E-state index in [-0.39, 0.29) is 5.91 Å². The number of carbonyl (C=O) groups excluding carboxylic acids is 1. The first kappa shape index (κ1) is 15.8. The standard InChI is InChI=1S/C15H27N5O/c1-19(12-7-4-3-5-8-12)10-6-9-17-15(21)14-13(16)11-18-20(14)2/h11-12H,3-10,16H2,1-2H3,(H,17,21). The van der Waals surface area contributed by atoms with Gasteiger partial charge in [0.15, 0.2) is 0 Å². The molecule has 3 N–H and O–H groups in total. The summed E-state index contributed by atoms with van der Waals surface area (Å²) >= 11 is 0. The average molecular weight is 293 g/mol. The van der Waals surface area contributed by atoms with Gasteiger partial charge in [-0.15, -0.1) is 0 Å². The number of aromatic nitrogens is 2. The van der Waals surface area contributed by atoms with Crippen LogP contribution in [-0.4, -0.2) is 46.8 Å². The molecule has 1 saturated carbocycles. The van der Waals surface area contributed by atoms with Gasteiger partial charge in [0.2, 0.25) is 0 Å². The molecule has 0 aromatic carbocycles. The number of hydrogen-bond donors (Lipinski definition) is 2. The lowest BCUT2D eigenvalue weighted by Gasteiger charge is -2.31. The predicted octanol–water partition coefficient (Wildman–Crippen LogP) is 1.39. The van der Waals surface area contributed by atoms with Crippen LogP contribution in [0.4, 0.5) is 5.69 Å². The lowest BCUT2D eigenvalue weighted by molar-refractivity contribution is 0.0942. The molecule has 1 fully saturated rings. The van der Waals surface area contributed by atoms with Gasteiger partial charge in [-0.3, -0.25) is 9.48 Å². The molecule has 0 aliphatic heterocycles. The molecule has 0 spiro atoms. The van der Waals surface area contributed by atoms with Crippen LogP contribution in [0, 0.1) is 0 Å². The maximum atomic E-state index is 12.0. The summed E-state index contributed by atoms with van der Waals surface area (Å²) in [5.74, 6) is -0.146. The number of nitrogen functional groups attached to an aromatic ring is 1. The summed E-state index contributed by atoms with van der Waals surface area (Å²) in [7, 11) is 3.92. The van der Waals surface area contributed by atoms with Crippen molar-refractivity contribution >= 4 is 11.6 Å². The minimum Gasteiger partial charge on any atom is -0.396 e. The largest absolute Gasteiger partial charge is 0.396 e.